The maximum absolute atomic E-state index is 12.6. The third kappa shape index (κ3) is 4.23. The number of amides is 1. The van der Waals surface area contributed by atoms with Crippen molar-refractivity contribution in [3.63, 3.8) is 0 Å². The highest BCUT2D eigenvalue weighted by Crippen LogP contribution is 2.31. The fourth-order valence-electron chi connectivity index (χ4n) is 2.31. The van der Waals surface area contributed by atoms with Gasteiger partial charge in [0, 0.05) is 22.5 Å². The van der Waals surface area contributed by atoms with Crippen molar-refractivity contribution in [3.05, 3.63) is 68.1 Å². The van der Waals surface area contributed by atoms with E-state index in [1.807, 2.05) is 35.7 Å². The highest BCUT2D eigenvalue weighted by atomic mass is 79.9. The average molecular weight is 456 g/mol. The van der Waals surface area contributed by atoms with Crippen LogP contribution in [0.1, 0.15) is 5.69 Å². The molecule has 25 heavy (non-hydrogen) atoms. The zero-order valence-electron chi connectivity index (χ0n) is 13.2. The number of carbonyl (C=O) groups excluding carboxylic acids is 1. The number of halogens is 3. The Labute approximate surface area is 168 Å². The SMILES string of the molecule is CN(C(=O)Cc1csc(-c2ccccc2Cl)n1)c1ccc(Br)cc1Cl. The van der Waals surface area contributed by atoms with Gasteiger partial charge < -0.3 is 4.90 Å². The highest BCUT2D eigenvalue weighted by Gasteiger charge is 2.17. The van der Waals surface area contributed by atoms with Crippen LogP contribution in [0.2, 0.25) is 10.0 Å². The Bertz CT molecular complexity index is 929. The molecule has 0 N–H and O–H groups in total. The molecule has 1 amide bonds. The van der Waals surface area contributed by atoms with Crippen molar-refractivity contribution < 1.29 is 4.79 Å². The van der Waals surface area contributed by atoms with E-state index in [9.17, 15) is 4.79 Å². The zero-order valence-corrected chi connectivity index (χ0v) is 17.1. The predicted octanol–water partition coefficient (Wildman–Crippen LogP) is 6.08. The number of nitrogens with zero attached hydrogens (tertiary/aromatic N) is 2. The molecule has 0 spiro atoms. The molecule has 0 saturated carbocycles. The second kappa shape index (κ2) is 7.87. The first-order valence-corrected chi connectivity index (χ1v) is 9.79. The van der Waals surface area contributed by atoms with E-state index >= 15 is 0 Å². The van der Waals surface area contributed by atoms with Crippen LogP contribution in [0.5, 0.6) is 0 Å². The van der Waals surface area contributed by atoms with Crippen molar-refractivity contribution in [2.45, 2.75) is 6.42 Å². The number of rotatable bonds is 4. The molecule has 128 valence electrons. The number of hydrogen-bond donors (Lipinski definition) is 0. The molecule has 0 atom stereocenters. The molecule has 0 saturated heterocycles. The van der Waals surface area contributed by atoms with Crippen molar-refractivity contribution in [1.82, 2.24) is 4.98 Å². The van der Waals surface area contributed by atoms with Crippen molar-refractivity contribution in [3.8, 4) is 10.6 Å². The van der Waals surface area contributed by atoms with Crippen LogP contribution in [-0.4, -0.2) is 17.9 Å². The number of hydrogen-bond acceptors (Lipinski definition) is 3. The summed E-state index contributed by atoms with van der Waals surface area (Å²) in [5.41, 5.74) is 2.25. The Balaban J connectivity index is 1.76. The lowest BCUT2D eigenvalue weighted by molar-refractivity contribution is -0.117. The van der Waals surface area contributed by atoms with E-state index in [2.05, 4.69) is 20.9 Å². The van der Waals surface area contributed by atoms with Gasteiger partial charge in [-0.15, -0.1) is 11.3 Å². The highest BCUT2D eigenvalue weighted by molar-refractivity contribution is 9.10. The molecule has 0 aliphatic heterocycles. The van der Waals surface area contributed by atoms with Gasteiger partial charge >= 0.3 is 0 Å². The van der Waals surface area contributed by atoms with E-state index < -0.39 is 0 Å². The lowest BCUT2D eigenvalue weighted by Gasteiger charge is -2.18. The first-order valence-electron chi connectivity index (χ1n) is 7.36. The van der Waals surface area contributed by atoms with Crippen LogP contribution < -0.4 is 4.90 Å². The van der Waals surface area contributed by atoms with E-state index in [0.29, 0.717) is 21.4 Å². The van der Waals surface area contributed by atoms with E-state index in [0.717, 1.165) is 15.0 Å². The number of thiazole rings is 1. The van der Waals surface area contributed by atoms with Crippen LogP contribution in [0.25, 0.3) is 10.6 Å². The number of aromatic nitrogens is 1. The quantitative estimate of drug-likeness (QED) is 0.477. The fourth-order valence-corrected chi connectivity index (χ4v) is 4.25. The fraction of sp³-hybridized carbons (Fsp3) is 0.111. The zero-order chi connectivity index (χ0) is 18.0. The molecule has 0 fully saturated rings. The van der Waals surface area contributed by atoms with Crippen molar-refractivity contribution >= 4 is 62.1 Å². The first-order chi connectivity index (χ1) is 12.0. The Kier molecular flexibility index (Phi) is 5.79. The molecule has 0 aliphatic carbocycles. The predicted molar refractivity (Wildman–Crippen MR) is 109 cm³/mol. The van der Waals surface area contributed by atoms with Gasteiger partial charge in [-0.1, -0.05) is 57.3 Å². The smallest absolute Gasteiger partial charge is 0.232 e. The van der Waals surface area contributed by atoms with E-state index in [4.69, 9.17) is 23.2 Å². The summed E-state index contributed by atoms with van der Waals surface area (Å²) in [5, 5.41) is 3.85. The van der Waals surface area contributed by atoms with Gasteiger partial charge in [-0.2, -0.15) is 0 Å². The molecule has 0 unspecified atom stereocenters. The molecule has 0 bridgehead atoms. The number of likely N-dealkylation sites (N-methyl/N-ethyl adjacent to an activating group) is 1. The van der Waals surface area contributed by atoms with Crippen molar-refractivity contribution in [1.29, 1.82) is 0 Å². The maximum atomic E-state index is 12.6. The summed E-state index contributed by atoms with van der Waals surface area (Å²) in [5.74, 6) is -0.0831. The molecule has 2 aromatic carbocycles. The van der Waals surface area contributed by atoms with Gasteiger partial charge in [0.1, 0.15) is 5.01 Å². The average Bonchev–Trinajstić information content (AvgIpc) is 3.03. The summed E-state index contributed by atoms with van der Waals surface area (Å²) in [6.07, 6.45) is 0.198. The molecule has 1 heterocycles. The molecule has 3 nitrogen and oxygen atoms in total. The normalized spacial score (nSPS) is 10.7. The van der Waals surface area contributed by atoms with Crippen LogP contribution in [-0.2, 0) is 11.2 Å². The maximum Gasteiger partial charge on any atom is 0.232 e. The van der Waals surface area contributed by atoms with Crippen molar-refractivity contribution in [2.24, 2.45) is 0 Å². The minimum Gasteiger partial charge on any atom is -0.314 e. The largest absolute Gasteiger partial charge is 0.314 e. The van der Waals surface area contributed by atoms with Gasteiger partial charge in [0.05, 0.1) is 27.8 Å². The van der Waals surface area contributed by atoms with Crippen LogP contribution in [0, 0.1) is 0 Å². The summed E-state index contributed by atoms with van der Waals surface area (Å²) in [7, 11) is 1.71. The van der Waals surface area contributed by atoms with Crippen LogP contribution in [0.15, 0.2) is 52.3 Å². The van der Waals surface area contributed by atoms with Gasteiger partial charge in [-0.3, -0.25) is 4.79 Å². The lowest BCUT2D eigenvalue weighted by Crippen LogP contribution is -2.28. The summed E-state index contributed by atoms with van der Waals surface area (Å²) in [6, 6.07) is 13.0. The minimum atomic E-state index is -0.0831. The van der Waals surface area contributed by atoms with Gasteiger partial charge in [0.25, 0.3) is 0 Å². The van der Waals surface area contributed by atoms with Crippen LogP contribution >= 0.6 is 50.5 Å². The summed E-state index contributed by atoms with van der Waals surface area (Å²) in [4.78, 5) is 18.6. The van der Waals surface area contributed by atoms with Gasteiger partial charge in [0.15, 0.2) is 0 Å². The minimum absolute atomic E-state index is 0.0831. The third-order valence-corrected chi connectivity index (χ3v) is 5.68. The van der Waals surface area contributed by atoms with Gasteiger partial charge in [0.2, 0.25) is 5.91 Å². The first kappa shape index (κ1) is 18.4. The van der Waals surface area contributed by atoms with E-state index in [1.54, 1.807) is 24.1 Å². The van der Waals surface area contributed by atoms with Crippen LogP contribution in [0.3, 0.4) is 0 Å². The van der Waals surface area contributed by atoms with E-state index in [1.165, 1.54) is 11.3 Å². The molecule has 7 heteroatoms. The molecular weight excluding hydrogens is 443 g/mol. The molecule has 0 aliphatic rings. The number of benzene rings is 2. The lowest BCUT2D eigenvalue weighted by atomic mass is 10.2. The monoisotopic (exact) mass is 454 g/mol. The van der Waals surface area contributed by atoms with Gasteiger partial charge in [-0.05, 0) is 24.3 Å². The molecular formula is C18H13BrCl2N2OS. The second-order valence-corrected chi connectivity index (χ2v) is 7.94. The molecule has 1 aromatic heterocycles. The molecule has 0 radical (unpaired) electrons. The number of anilines is 1. The molecule has 3 aromatic rings. The molecule has 3 rings (SSSR count). The van der Waals surface area contributed by atoms with Crippen LogP contribution in [0.4, 0.5) is 5.69 Å². The topological polar surface area (TPSA) is 33.2 Å². The van der Waals surface area contributed by atoms with Gasteiger partial charge in [-0.25, -0.2) is 4.98 Å². The standard InChI is InChI=1S/C18H13BrCl2N2OS/c1-23(16-7-6-11(19)8-15(16)21)17(24)9-12-10-25-18(22-12)13-4-2-3-5-14(13)20/h2-8,10H,9H2,1H3. The van der Waals surface area contributed by atoms with Crippen molar-refractivity contribution in [2.75, 3.05) is 11.9 Å². The Morgan fingerprint density at radius 3 is 2.68 bits per heavy atom. The Morgan fingerprint density at radius 2 is 1.96 bits per heavy atom. The summed E-state index contributed by atoms with van der Waals surface area (Å²) in [6.45, 7) is 0. The Hall–Kier alpha value is -1.40. The Morgan fingerprint density at radius 1 is 1.20 bits per heavy atom. The second-order valence-electron chi connectivity index (χ2n) is 5.35. The number of carbonyl (C=O) groups is 1. The third-order valence-electron chi connectivity index (χ3n) is 3.63. The summed E-state index contributed by atoms with van der Waals surface area (Å²) >= 11 is 17.3. The summed E-state index contributed by atoms with van der Waals surface area (Å²) < 4.78 is 0.867. The van der Waals surface area contributed by atoms with E-state index in [-0.39, 0.29) is 12.3 Å².